The Morgan fingerprint density at radius 2 is 2.08 bits per heavy atom. The second kappa shape index (κ2) is 8.60. The highest BCUT2D eigenvalue weighted by molar-refractivity contribution is 7.88. The van der Waals surface area contributed by atoms with E-state index < -0.39 is 10.0 Å². The predicted molar refractivity (Wildman–Crippen MR) is 95.0 cm³/mol. The Morgan fingerprint density at radius 3 is 2.79 bits per heavy atom. The Bertz CT molecular complexity index is 661. The zero-order valence-electron chi connectivity index (χ0n) is 14.4. The van der Waals surface area contributed by atoms with E-state index in [9.17, 15) is 13.2 Å². The van der Waals surface area contributed by atoms with Crippen molar-refractivity contribution >= 4 is 15.9 Å². The lowest BCUT2D eigenvalue weighted by Gasteiger charge is -2.17. The SMILES string of the molecule is Cc1ccccc1CN1CCC(CNC(=O)CCNS(C)(=O)=O)C1. The lowest BCUT2D eigenvalue weighted by molar-refractivity contribution is -0.121. The molecule has 2 N–H and O–H groups in total. The van der Waals surface area contributed by atoms with Crippen LogP contribution in [-0.4, -0.2) is 51.7 Å². The van der Waals surface area contributed by atoms with Crippen molar-refractivity contribution in [2.24, 2.45) is 5.92 Å². The Labute approximate surface area is 144 Å². The summed E-state index contributed by atoms with van der Waals surface area (Å²) in [6, 6.07) is 8.42. The Kier molecular flexibility index (Phi) is 6.77. The van der Waals surface area contributed by atoms with Crippen LogP contribution in [0.4, 0.5) is 0 Å². The van der Waals surface area contributed by atoms with Gasteiger partial charge in [-0.15, -0.1) is 0 Å². The number of aryl methyl sites for hydroxylation is 1. The van der Waals surface area contributed by atoms with Crippen LogP contribution < -0.4 is 10.0 Å². The molecule has 1 amide bonds. The summed E-state index contributed by atoms with van der Waals surface area (Å²) >= 11 is 0. The summed E-state index contributed by atoms with van der Waals surface area (Å²) in [7, 11) is -3.23. The molecule has 134 valence electrons. The van der Waals surface area contributed by atoms with Crippen molar-refractivity contribution in [1.82, 2.24) is 14.9 Å². The topological polar surface area (TPSA) is 78.5 Å². The minimum absolute atomic E-state index is 0.108. The highest BCUT2D eigenvalue weighted by Gasteiger charge is 2.23. The van der Waals surface area contributed by atoms with E-state index in [1.54, 1.807) is 0 Å². The lowest BCUT2D eigenvalue weighted by Crippen LogP contribution is -2.33. The van der Waals surface area contributed by atoms with Crippen molar-refractivity contribution in [3.05, 3.63) is 35.4 Å². The number of carbonyl (C=O) groups is 1. The van der Waals surface area contributed by atoms with Gasteiger partial charge in [0.15, 0.2) is 0 Å². The number of amides is 1. The number of likely N-dealkylation sites (tertiary alicyclic amines) is 1. The van der Waals surface area contributed by atoms with Crippen molar-refractivity contribution in [3.8, 4) is 0 Å². The van der Waals surface area contributed by atoms with Crippen LogP contribution in [0.25, 0.3) is 0 Å². The number of hydrogen-bond donors (Lipinski definition) is 2. The summed E-state index contributed by atoms with van der Waals surface area (Å²) < 4.78 is 24.2. The lowest BCUT2D eigenvalue weighted by atomic mass is 10.1. The molecule has 0 bridgehead atoms. The van der Waals surface area contributed by atoms with Gasteiger partial charge in [0.2, 0.25) is 15.9 Å². The molecule has 0 radical (unpaired) electrons. The molecule has 0 aromatic heterocycles. The smallest absolute Gasteiger partial charge is 0.221 e. The van der Waals surface area contributed by atoms with E-state index in [2.05, 4.69) is 46.1 Å². The van der Waals surface area contributed by atoms with Crippen molar-refractivity contribution in [3.63, 3.8) is 0 Å². The number of rotatable bonds is 8. The van der Waals surface area contributed by atoms with Gasteiger partial charge in [-0.05, 0) is 36.9 Å². The van der Waals surface area contributed by atoms with Crippen LogP contribution in [-0.2, 0) is 21.4 Å². The van der Waals surface area contributed by atoms with Gasteiger partial charge < -0.3 is 5.32 Å². The minimum atomic E-state index is -3.23. The third kappa shape index (κ3) is 6.59. The Balaban J connectivity index is 1.67. The molecular formula is C17H27N3O3S. The highest BCUT2D eigenvalue weighted by atomic mass is 32.2. The molecule has 2 rings (SSSR count). The van der Waals surface area contributed by atoms with Crippen molar-refractivity contribution in [2.75, 3.05) is 32.4 Å². The second-order valence-electron chi connectivity index (χ2n) is 6.54. The summed E-state index contributed by atoms with van der Waals surface area (Å²) in [5.74, 6) is 0.351. The molecule has 1 aromatic carbocycles. The van der Waals surface area contributed by atoms with Crippen molar-refractivity contribution in [2.45, 2.75) is 26.3 Å². The molecule has 0 saturated carbocycles. The zero-order valence-corrected chi connectivity index (χ0v) is 15.2. The van der Waals surface area contributed by atoms with Crippen LogP contribution in [0.3, 0.4) is 0 Å². The molecular weight excluding hydrogens is 326 g/mol. The van der Waals surface area contributed by atoms with Gasteiger partial charge in [0.05, 0.1) is 6.26 Å². The zero-order chi connectivity index (χ0) is 17.6. The normalized spacial score (nSPS) is 18.7. The van der Waals surface area contributed by atoms with E-state index >= 15 is 0 Å². The fourth-order valence-corrected chi connectivity index (χ4v) is 3.42. The minimum Gasteiger partial charge on any atom is -0.356 e. The number of benzene rings is 1. The molecule has 7 heteroatoms. The van der Waals surface area contributed by atoms with Gasteiger partial charge >= 0.3 is 0 Å². The van der Waals surface area contributed by atoms with Crippen LogP contribution in [0.1, 0.15) is 24.0 Å². The third-order valence-corrected chi connectivity index (χ3v) is 5.06. The first-order valence-electron chi connectivity index (χ1n) is 8.31. The van der Waals surface area contributed by atoms with Gasteiger partial charge in [0, 0.05) is 32.6 Å². The molecule has 1 saturated heterocycles. The van der Waals surface area contributed by atoms with Crippen molar-refractivity contribution < 1.29 is 13.2 Å². The summed E-state index contributed by atoms with van der Waals surface area (Å²) in [4.78, 5) is 14.2. The van der Waals surface area contributed by atoms with Gasteiger partial charge in [-0.1, -0.05) is 24.3 Å². The van der Waals surface area contributed by atoms with Gasteiger partial charge in [0.1, 0.15) is 0 Å². The standard InChI is InChI=1S/C17H27N3O3S/c1-14-5-3-4-6-16(14)13-20-10-8-15(12-20)11-18-17(21)7-9-19-24(2,22)23/h3-6,15,19H,7-13H2,1-2H3,(H,18,21). The highest BCUT2D eigenvalue weighted by Crippen LogP contribution is 2.19. The molecule has 1 heterocycles. The summed E-state index contributed by atoms with van der Waals surface area (Å²) in [6.07, 6.45) is 2.34. The summed E-state index contributed by atoms with van der Waals surface area (Å²) in [6.45, 7) is 5.92. The molecule has 1 fully saturated rings. The average molecular weight is 353 g/mol. The number of hydrogen-bond acceptors (Lipinski definition) is 4. The Hall–Kier alpha value is -1.44. The molecule has 1 atom stereocenters. The molecule has 24 heavy (non-hydrogen) atoms. The monoisotopic (exact) mass is 353 g/mol. The van der Waals surface area contributed by atoms with E-state index in [0.717, 1.165) is 32.3 Å². The van der Waals surface area contributed by atoms with Gasteiger partial charge in [-0.25, -0.2) is 13.1 Å². The fraction of sp³-hybridized carbons (Fsp3) is 0.588. The van der Waals surface area contributed by atoms with Gasteiger partial charge in [0.25, 0.3) is 0 Å². The number of carbonyl (C=O) groups excluding carboxylic acids is 1. The second-order valence-corrected chi connectivity index (χ2v) is 8.37. The Morgan fingerprint density at radius 1 is 1.33 bits per heavy atom. The molecule has 1 aliphatic rings. The molecule has 1 aliphatic heterocycles. The third-order valence-electron chi connectivity index (χ3n) is 4.33. The first-order valence-corrected chi connectivity index (χ1v) is 10.2. The quantitative estimate of drug-likeness (QED) is 0.727. The summed E-state index contributed by atoms with van der Waals surface area (Å²) in [5.41, 5.74) is 2.67. The van der Waals surface area contributed by atoms with E-state index in [-0.39, 0.29) is 18.9 Å². The van der Waals surface area contributed by atoms with E-state index in [0.29, 0.717) is 12.5 Å². The van der Waals surface area contributed by atoms with E-state index in [1.807, 2.05) is 0 Å². The van der Waals surface area contributed by atoms with Crippen LogP contribution in [0.15, 0.2) is 24.3 Å². The van der Waals surface area contributed by atoms with Gasteiger partial charge in [-0.3, -0.25) is 9.69 Å². The molecule has 1 unspecified atom stereocenters. The molecule has 6 nitrogen and oxygen atoms in total. The largest absolute Gasteiger partial charge is 0.356 e. The van der Waals surface area contributed by atoms with Gasteiger partial charge in [-0.2, -0.15) is 0 Å². The van der Waals surface area contributed by atoms with Crippen LogP contribution in [0, 0.1) is 12.8 Å². The van der Waals surface area contributed by atoms with Crippen LogP contribution >= 0.6 is 0 Å². The number of nitrogens with zero attached hydrogens (tertiary/aromatic N) is 1. The maximum absolute atomic E-state index is 11.7. The van der Waals surface area contributed by atoms with E-state index in [4.69, 9.17) is 0 Å². The predicted octanol–water partition coefficient (Wildman–Crippen LogP) is 0.872. The van der Waals surface area contributed by atoms with E-state index in [1.165, 1.54) is 11.1 Å². The fourth-order valence-electron chi connectivity index (χ4n) is 2.95. The van der Waals surface area contributed by atoms with Crippen LogP contribution in [0.2, 0.25) is 0 Å². The average Bonchev–Trinajstić information content (AvgIpc) is 2.94. The van der Waals surface area contributed by atoms with Crippen LogP contribution in [0.5, 0.6) is 0 Å². The molecule has 0 aliphatic carbocycles. The van der Waals surface area contributed by atoms with Crippen molar-refractivity contribution in [1.29, 1.82) is 0 Å². The number of nitrogens with one attached hydrogen (secondary N) is 2. The summed E-state index contributed by atoms with van der Waals surface area (Å²) in [5, 5.41) is 2.91. The number of sulfonamides is 1. The molecule has 1 aromatic rings. The maximum atomic E-state index is 11.7. The maximum Gasteiger partial charge on any atom is 0.221 e. The molecule has 0 spiro atoms. The first-order chi connectivity index (χ1) is 11.3. The first kappa shape index (κ1) is 18.9.